The van der Waals surface area contributed by atoms with E-state index in [1.165, 1.54) is 0 Å². The smallest absolute Gasteiger partial charge is 0.0589 e. The van der Waals surface area contributed by atoms with Gasteiger partial charge >= 0.3 is 0 Å². The number of nitrogens with zero attached hydrogens (tertiary/aromatic N) is 4. The highest BCUT2D eigenvalue weighted by atomic mass is 16.5. The van der Waals surface area contributed by atoms with E-state index in [1.54, 1.807) is 7.11 Å². The van der Waals surface area contributed by atoms with Crippen LogP contribution in [0.3, 0.4) is 0 Å². The molecule has 0 bridgehead atoms. The molecule has 0 heterocycles. The zero-order chi connectivity index (χ0) is 10.6. The molecule has 0 unspecified atom stereocenters. The number of ether oxygens (including phenoxy) is 1. The fourth-order valence-electron chi connectivity index (χ4n) is 1.11. The molecule has 6 heteroatoms. The third kappa shape index (κ3) is 7.82. The SMILES string of the molecule is COCCN(CCO)CCCN=[N+]=[N-]. The molecule has 82 valence electrons. The predicted molar refractivity (Wildman–Crippen MR) is 54.0 cm³/mol. The highest BCUT2D eigenvalue weighted by Crippen LogP contribution is 1.92. The summed E-state index contributed by atoms with van der Waals surface area (Å²) in [4.78, 5) is 4.75. The lowest BCUT2D eigenvalue weighted by molar-refractivity contribution is 0.130. The largest absolute Gasteiger partial charge is 0.395 e. The van der Waals surface area contributed by atoms with Gasteiger partial charge in [0.25, 0.3) is 0 Å². The van der Waals surface area contributed by atoms with Gasteiger partial charge in [-0.2, -0.15) is 0 Å². The van der Waals surface area contributed by atoms with Crippen molar-refractivity contribution in [2.24, 2.45) is 5.11 Å². The molecule has 0 spiro atoms. The van der Waals surface area contributed by atoms with Crippen LogP contribution in [-0.2, 0) is 4.74 Å². The molecular weight excluding hydrogens is 184 g/mol. The summed E-state index contributed by atoms with van der Waals surface area (Å²) in [7, 11) is 1.65. The molecule has 0 atom stereocenters. The van der Waals surface area contributed by atoms with Gasteiger partial charge in [0.05, 0.1) is 13.2 Å². The van der Waals surface area contributed by atoms with Crippen LogP contribution in [0.1, 0.15) is 6.42 Å². The Hall–Kier alpha value is -0.810. The van der Waals surface area contributed by atoms with E-state index in [0.29, 0.717) is 19.7 Å². The van der Waals surface area contributed by atoms with Crippen molar-refractivity contribution in [3.63, 3.8) is 0 Å². The molecule has 0 fully saturated rings. The Bertz CT molecular complexity index is 171. The van der Waals surface area contributed by atoms with Crippen molar-refractivity contribution >= 4 is 0 Å². The molecule has 0 aromatic heterocycles. The molecule has 0 amide bonds. The van der Waals surface area contributed by atoms with E-state index in [-0.39, 0.29) is 6.61 Å². The minimum Gasteiger partial charge on any atom is -0.395 e. The lowest BCUT2D eigenvalue weighted by Crippen LogP contribution is -2.31. The summed E-state index contributed by atoms with van der Waals surface area (Å²) in [5, 5.41) is 12.2. The van der Waals surface area contributed by atoms with Crippen LogP contribution in [0.25, 0.3) is 10.4 Å². The molecule has 1 N–H and O–H groups in total. The van der Waals surface area contributed by atoms with E-state index in [2.05, 4.69) is 14.9 Å². The minimum absolute atomic E-state index is 0.144. The van der Waals surface area contributed by atoms with Gasteiger partial charge in [0.2, 0.25) is 0 Å². The van der Waals surface area contributed by atoms with Crippen LogP contribution in [0, 0.1) is 0 Å². The lowest BCUT2D eigenvalue weighted by atomic mass is 10.3. The summed E-state index contributed by atoms with van der Waals surface area (Å²) in [6, 6.07) is 0. The Labute approximate surface area is 84.1 Å². The topological polar surface area (TPSA) is 81.5 Å². The van der Waals surface area contributed by atoms with Gasteiger partial charge in [-0.25, -0.2) is 0 Å². The number of rotatable bonds is 9. The van der Waals surface area contributed by atoms with Gasteiger partial charge in [-0.3, -0.25) is 4.90 Å². The quantitative estimate of drug-likeness (QED) is 0.257. The zero-order valence-electron chi connectivity index (χ0n) is 8.59. The van der Waals surface area contributed by atoms with Gasteiger partial charge in [-0.1, -0.05) is 5.11 Å². The summed E-state index contributed by atoms with van der Waals surface area (Å²) in [6.07, 6.45) is 0.813. The average Bonchev–Trinajstić information content (AvgIpc) is 2.20. The predicted octanol–water partition coefficient (Wildman–Crippen LogP) is 0.627. The van der Waals surface area contributed by atoms with Crippen molar-refractivity contribution in [1.29, 1.82) is 0 Å². The molecule has 0 aromatic carbocycles. The third-order valence-electron chi connectivity index (χ3n) is 1.82. The van der Waals surface area contributed by atoms with Crippen molar-refractivity contribution in [2.75, 3.05) is 46.5 Å². The zero-order valence-corrected chi connectivity index (χ0v) is 8.59. The summed E-state index contributed by atoms with van der Waals surface area (Å²) < 4.78 is 4.94. The summed E-state index contributed by atoms with van der Waals surface area (Å²) >= 11 is 0. The van der Waals surface area contributed by atoms with E-state index in [1.807, 2.05) is 0 Å². The number of hydrogen-bond donors (Lipinski definition) is 1. The van der Waals surface area contributed by atoms with Crippen molar-refractivity contribution < 1.29 is 9.84 Å². The maximum Gasteiger partial charge on any atom is 0.0589 e. The van der Waals surface area contributed by atoms with Crippen molar-refractivity contribution in [3.8, 4) is 0 Å². The molecule has 14 heavy (non-hydrogen) atoms. The van der Waals surface area contributed by atoms with Crippen LogP contribution in [0.2, 0.25) is 0 Å². The summed E-state index contributed by atoms with van der Waals surface area (Å²) in [5.41, 5.74) is 8.06. The van der Waals surface area contributed by atoms with E-state index < -0.39 is 0 Å². The van der Waals surface area contributed by atoms with E-state index in [9.17, 15) is 0 Å². The molecular formula is C8H18N4O2. The highest BCUT2D eigenvalue weighted by molar-refractivity contribution is 4.58. The third-order valence-corrected chi connectivity index (χ3v) is 1.82. The Morgan fingerprint density at radius 3 is 2.79 bits per heavy atom. The Balaban J connectivity index is 3.55. The monoisotopic (exact) mass is 202 g/mol. The second-order valence-electron chi connectivity index (χ2n) is 2.87. The molecule has 6 nitrogen and oxygen atoms in total. The van der Waals surface area contributed by atoms with E-state index in [0.717, 1.165) is 19.5 Å². The fourth-order valence-corrected chi connectivity index (χ4v) is 1.11. The molecule has 0 rings (SSSR count). The average molecular weight is 202 g/mol. The molecule has 0 aliphatic rings. The summed E-state index contributed by atoms with van der Waals surface area (Å²) in [6.45, 7) is 3.56. The normalized spacial score (nSPS) is 10.2. The van der Waals surface area contributed by atoms with Crippen LogP contribution in [0.5, 0.6) is 0 Å². The Morgan fingerprint density at radius 1 is 1.43 bits per heavy atom. The van der Waals surface area contributed by atoms with Crippen LogP contribution in [0.4, 0.5) is 0 Å². The second-order valence-corrected chi connectivity index (χ2v) is 2.87. The maximum atomic E-state index is 8.77. The maximum absolute atomic E-state index is 8.77. The van der Waals surface area contributed by atoms with Crippen molar-refractivity contribution in [1.82, 2.24) is 4.90 Å². The van der Waals surface area contributed by atoms with Crippen molar-refractivity contribution in [3.05, 3.63) is 10.4 Å². The van der Waals surface area contributed by atoms with Crippen LogP contribution in [0.15, 0.2) is 5.11 Å². The first-order chi connectivity index (χ1) is 6.85. The van der Waals surface area contributed by atoms with Gasteiger partial charge in [-0.05, 0) is 18.5 Å². The lowest BCUT2D eigenvalue weighted by Gasteiger charge is -2.20. The van der Waals surface area contributed by atoms with Gasteiger partial charge in [-0.15, -0.1) is 0 Å². The fraction of sp³-hybridized carbons (Fsp3) is 1.00. The van der Waals surface area contributed by atoms with E-state index >= 15 is 0 Å². The number of aliphatic hydroxyl groups excluding tert-OH is 1. The van der Waals surface area contributed by atoms with Crippen LogP contribution in [-0.4, -0.2) is 56.5 Å². The first-order valence-electron chi connectivity index (χ1n) is 4.68. The minimum atomic E-state index is 0.144. The van der Waals surface area contributed by atoms with E-state index in [4.69, 9.17) is 15.4 Å². The van der Waals surface area contributed by atoms with Crippen molar-refractivity contribution in [2.45, 2.75) is 6.42 Å². The first-order valence-corrected chi connectivity index (χ1v) is 4.68. The molecule has 0 radical (unpaired) electrons. The summed E-state index contributed by atoms with van der Waals surface area (Å²) in [5.74, 6) is 0. The highest BCUT2D eigenvalue weighted by Gasteiger charge is 2.02. The Morgan fingerprint density at radius 2 is 2.21 bits per heavy atom. The molecule has 0 aliphatic carbocycles. The molecule has 0 saturated carbocycles. The van der Waals surface area contributed by atoms with Gasteiger partial charge in [0.1, 0.15) is 0 Å². The standard InChI is InChI=1S/C8H18N4O2/c1-14-8-6-12(5-7-13)4-2-3-10-11-9/h13H,2-8H2,1H3. The Kier molecular flexibility index (Phi) is 9.68. The van der Waals surface area contributed by atoms with Crippen LogP contribution < -0.4 is 0 Å². The van der Waals surface area contributed by atoms with Crippen LogP contribution >= 0.6 is 0 Å². The van der Waals surface area contributed by atoms with Gasteiger partial charge in [0.15, 0.2) is 0 Å². The number of methoxy groups -OCH3 is 1. The number of azide groups is 1. The molecule has 0 aromatic rings. The second kappa shape index (κ2) is 10.3. The van der Waals surface area contributed by atoms with Gasteiger partial charge < -0.3 is 9.84 Å². The van der Waals surface area contributed by atoms with Gasteiger partial charge in [0, 0.05) is 31.7 Å². The number of hydrogen-bond acceptors (Lipinski definition) is 4. The number of aliphatic hydroxyl groups is 1. The molecule has 0 aliphatic heterocycles. The first kappa shape index (κ1) is 13.2. The molecule has 0 saturated heterocycles.